The van der Waals surface area contributed by atoms with Gasteiger partial charge in [0.2, 0.25) is 0 Å². The van der Waals surface area contributed by atoms with Crippen LogP contribution in [0.5, 0.6) is 0 Å². The van der Waals surface area contributed by atoms with Gasteiger partial charge in [0, 0.05) is 6.07 Å². The second-order valence-corrected chi connectivity index (χ2v) is 14.3. The molecule has 0 spiro atoms. The molecule has 2 saturated heterocycles. The monoisotopic (exact) mass is 729 g/mol. The molecule has 2 aliphatic heterocycles. The first-order chi connectivity index (χ1) is 21.9. The number of carbonyl (C=O) groups excluding carboxylic acids is 1. The number of phosphoric acid groups is 3. The summed E-state index contributed by atoms with van der Waals surface area (Å²) in [6.07, 6.45) is -6.70. The standard InChI is InChI=1S/C21H27N6O17P3/c22-18(31)10-2-1-3-26(5-10)20-16(30)14(28)12(41-20)6-39-46(35,36)44-47(37,38)40-7-13-15(29)17(43-45(32,33)34)21(42-13)27-9-25-11-4-23-8-24-19(11)27/h1-5,8-9,12-17,20-21,28-30H,6-7H2,(H5-,22,31,32,33,34,35,36,37,38)/p+1/t12-,13-,14-,15-,16-,17-,20-,21-/m1/s1. The van der Waals surface area contributed by atoms with Crippen LogP contribution in [0, 0.1) is 0 Å². The minimum Gasteiger partial charge on any atom is -0.387 e. The summed E-state index contributed by atoms with van der Waals surface area (Å²) in [6.45, 7) is -2.00. The molecular formula is C21H28N6O17P3+. The molecule has 5 heterocycles. The SMILES string of the molecule is NC(=O)c1ccc[n+]([C@@H]2O[C@H](COP(=O)(O)OP(=O)(O)OC[C@H]3O[C@@H](n4cnc5cncnc54)[C@H](OP(=O)(O)O)[C@@H]3O)[C@@H](O)[C@H]2O)c1. The molecule has 2 fully saturated rings. The lowest BCUT2D eigenvalue weighted by Crippen LogP contribution is -2.46. The van der Waals surface area contributed by atoms with Crippen molar-refractivity contribution in [1.29, 1.82) is 0 Å². The zero-order valence-electron chi connectivity index (χ0n) is 23.4. The number of phosphoric ester groups is 3. The second kappa shape index (κ2) is 13.7. The fraction of sp³-hybridized carbons (Fsp3) is 0.476. The van der Waals surface area contributed by atoms with E-state index in [1.165, 1.54) is 35.3 Å². The largest absolute Gasteiger partial charge is 0.481 e. The summed E-state index contributed by atoms with van der Waals surface area (Å²) in [5.41, 5.74) is 5.64. The molecule has 5 rings (SSSR count). The number of ether oxygens (including phenoxy) is 2. The van der Waals surface area contributed by atoms with Gasteiger partial charge in [0.1, 0.15) is 47.9 Å². The van der Waals surface area contributed by atoms with Gasteiger partial charge in [-0.05, 0) is 6.07 Å². The van der Waals surface area contributed by atoms with Gasteiger partial charge in [-0.25, -0.2) is 28.6 Å². The molecule has 258 valence electrons. The Morgan fingerprint density at radius 2 is 1.64 bits per heavy atom. The Morgan fingerprint density at radius 3 is 2.28 bits per heavy atom. The third-order valence-electron chi connectivity index (χ3n) is 6.83. The van der Waals surface area contributed by atoms with Crippen LogP contribution >= 0.6 is 23.5 Å². The summed E-state index contributed by atoms with van der Waals surface area (Å²) in [4.78, 5) is 62.1. The van der Waals surface area contributed by atoms with E-state index in [2.05, 4.69) is 23.8 Å². The van der Waals surface area contributed by atoms with Gasteiger partial charge < -0.3 is 50.1 Å². The molecule has 3 aromatic rings. The van der Waals surface area contributed by atoms with Crippen LogP contribution < -0.4 is 10.3 Å². The predicted molar refractivity (Wildman–Crippen MR) is 146 cm³/mol. The molecule has 0 radical (unpaired) electrons. The van der Waals surface area contributed by atoms with E-state index in [0.717, 1.165) is 17.2 Å². The van der Waals surface area contributed by atoms with Crippen LogP contribution in [0.15, 0.2) is 43.4 Å². The van der Waals surface area contributed by atoms with Crippen molar-refractivity contribution in [3.8, 4) is 0 Å². The van der Waals surface area contributed by atoms with Crippen molar-refractivity contribution in [3.63, 3.8) is 0 Å². The first kappa shape index (κ1) is 35.6. The Labute approximate surface area is 262 Å². The van der Waals surface area contributed by atoms with Crippen molar-refractivity contribution in [2.24, 2.45) is 5.73 Å². The van der Waals surface area contributed by atoms with Crippen molar-refractivity contribution in [3.05, 3.63) is 48.9 Å². The quantitative estimate of drug-likeness (QED) is 0.0666. The molecule has 26 heteroatoms. The van der Waals surface area contributed by atoms with E-state index < -0.39 is 91.7 Å². The molecular weight excluding hydrogens is 701 g/mol. The predicted octanol–water partition coefficient (Wildman–Crippen LogP) is -2.48. The number of fused-ring (bicyclic) bond motifs is 1. The van der Waals surface area contributed by atoms with Gasteiger partial charge in [-0.3, -0.25) is 22.9 Å². The van der Waals surface area contributed by atoms with Gasteiger partial charge in [-0.1, -0.05) is 0 Å². The average Bonchev–Trinajstić information content (AvgIpc) is 3.63. The maximum atomic E-state index is 12.5. The number of aliphatic hydroxyl groups is 3. The van der Waals surface area contributed by atoms with Crippen LogP contribution in [-0.4, -0.2) is 110 Å². The van der Waals surface area contributed by atoms with Crippen LogP contribution in [0.1, 0.15) is 22.8 Å². The molecule has 0 bridgehead atoms. The summed E-state index contributed by atoms with van der Waals surface area (Å²) in [5.74, 6) is -0.786. The van der Waals surface area contributed by atoms with Crippen molar-refractivity contribution in [2.75, 3.05) is 13.2 Å². The summed E-state index contributed by atoms with van der Waals surface area (Å²) in [7, 11) is -16.2. The Hall–Kier alpha value is -2.66. The summed E-state index contributed by atoms with van der Waals surface area (Å²) in [5, 5.41) is 31.5. The third-order valence-corrected chi connectivity index (χ3v) is 9.95. The number of aromatic nitrogens is 5. The Balaban J connectivity index is 1.20. The van der Waals surface area contributed by atoms with Crippen molar-refractivity contribution in [1.82, 2.24) is 19.5 Å². The molecule has 10 atom stereocenters. The van der Waals surface area contributed by atoms with Crippen LogP contribution in [0.4, 0.5) is 0 Å². The number of aliphatic hydroxyl groups excluding tert-OH is 3. The number of hydrogen-bond donors (Lipinski definition) is 8. The zero-order valence-corrected chi connectivity index (χ0v) is 26.1. The van der Waals surface area contributed by atoms with Gasteiger partial charge in [0.25, 0.3) is 12.1 Å². The maximum absolute atomic E-state index is 12.5. The first-order valence-corrected chi connectivity index (χ1v) is 17.6. The van der Waals surface area contributed by atoms with E-state index in [4.69, 9.17) is 24.3 Å². The molecule has 2 aliphatic rings. The first-order valence-electron chi connectivity index (χ1n) is 13.1. The maximum Gasteiger partial charge on any atom is 0.481 e. The summed E-state index contributed by atoms with van der Waals surface area (Å²) in [6, 6.07) is 2.80. The molecule has 1 amide bonds. The zero-order chi connectivity index (χ0) is 34.3. The fourth-order valence-electron chi connectivity index (χ4n) is 4.75. The third kappa shape index (κ3) is 8.32. The second-order valence-electron chi connectivity index (χ2n) is 10.1. The Bertz CT molecular complexity index is 1760. The van der Waals surface area contributed by atoms with E-state index >= 15 is 0 Å². The fourth-order valence-corrected chi connectivity index (χ4v) is 7.38. The molecule has 3 aromatic heterocycles. The molecule has 47 heavy (non-hydrogen) atoms. The minimum atomic E-state index is -5.50. The highest BCUT2D eigenvalue weighted by molar-refractivity contribution is 7.61. The van der Waals surface area contributed by atoms with Crippen LogP contribution in [-0.2, 0) is 41.1 Å². The number of nitrogens with zero attached hydrogens (tertiary/aromatic N) is 5. The highest BCUT2D eigenvalue weighted by Gasteiger charge is 2.51. The molecule has 0 aromatic carbocycles. The average molecular weight is 729 g/mol. The normalized spacial score (nSPS) is 30.7. The van der Waals surface area contributed by atoms with Gasteiger partial charge in [-0.15, -0.1) is 0 Å². The van der Waals surface area contributed by atoms with E-state index in [1.807, 2.05) is 0 Å². The Morgan fingerprint density at radius 1 is 0.979 bits per heavy atom. The van der Waals surface area contributed by atoms with E-state index in [1.54, 1.807) is 0 Å². The van der Waals surface area contributed by atoms with Crippen molar-refractivity contribution >= 4 is 40.5 Å². The molecule has 9 N–H and O–H groups in total. The Kier molecular flexibility index (Phi) is 10.4. The van der Waals surface area contributed by atoms with Crippen LogP contribution in [0.3, 0.4) is 0 Å². The lowest BCUT2D eigenvalue weighted by Gasteiger charge is -2.22. The smallest absolute Gasteiger partial charge is 0.387 e. The number of nitrogens with two attached hydrogens (primary N) is 1. The molecule has 2 unspecified atom stereocenters. The lowest BCUT2D eigenvalue weighted by molar-refractivity contribution is -0.765. The number of amides is 1. The number of pyridine rings is 1. The number of rotatable bonds is 13. The summed E-state index contributed by atoms with van der Waals surface area (Å²) < 4.78 is 68.4. The van der Waals surface area contributed by atoms with Crippen LogP contribution in [0.25, 0.3) is 11.2 Å². The van der Waals surface area contributed by atoms with Gasteiger partial charge in [0.15, 0.2) is 30.4 Å². The van der Waals surface area contributed by atoms with E-state index in [0.29, 0.717) is 0 Å². The van der Waals surface area contributed by atoms with Crippen molar-refractivity contribution in [2.45, 2.75) is 49.1 Å². The highest BCUT2D eigenvalue weighted by Crippen LogP contribution is 2.61. The molecule has 23 nitrogen and oxygen atoms in total. The number of carbonyl (C=O) groups is 1. The van der Waals surface area contributed by atoms with E-state index in [9.17, 15) is 53.4 Å². The van der Waals surface area contributed by atoms with Crippen LogP contribution in [0.2, 0.25) is 0 Å². The van der Waals surface area contributed by atoms with E-state index in [-0.39, 0.29) is 16.7 Å². The molecule has 0 saturated carbocycles. The topological polar surface area (TPSA) is 339 Å². The van der Waals surface area contributed by atoms with Gasteiger partial charge in [-0.2, -0.15) is 8.88 Å². The number of hydrogen-bond acceptors (Lipinski definition) is 16. The van der Waals surface area contributed by atoms with Gasteiger partial charge in [0.05, 0.1) is 25.7 Å². The lowest BCUT2D eigenvalue weighted by atomic mass is 10.1. The number of imidazole rings is 1. The van der Waals surface area contributed by atoms with Crippen molar-refractivity contribution < 1.29 is 85.3 Å². The van der Waals surface area contributed by atoms with Gasteiger partial charge >= 0.3 is 23.5 Å². The summed E-state index contributed by atoms with van der Waals surface area (Å²) >= 11 is 0. The number of primary amides is 1. The molecule has 0 aliphatic carbocycles. The minimum absolute atomic E-state index is 0.0464. The highest BCUT2D eigenvalue weighted by atomic mass is 31.3.